The molecule has 2 amide bonds. The lowest BCUT2D eigenvalue weighted by atomic mass is 9.93. The molecule has 0 radical (unpaired) electrons. The first-order valence-corrected chi connectivity index (χ1v) is 11.6. The van der Waals surface area contributed by atoms with Gasteiger partial charge in [-0.3, -0.25) is 9.59 Å². The molecule has 1 aliphatic carbocycles. The fraction of sp³-hybridized carbons (Fsp3) is 0.417. The highest BCUT2D eigenvalue weighted by Crippen LogP contribution is 2.51. The number of nitrogens with zero attached hydrogens (tertiary/aromatic N) is 2. The largest absolute Gasteiger partial charge is 0.508 e. The maximum Gasteiger partial charge on any atom is 0.245 e. The molecule has 1 saturated heterocycles. The van der Waals surface area contributed by atoms with Gasteiger partial charge in [0.05, 0.1) is 5.41 Å². The van der Waals surface area contributed by atoms with Gasteiger partial charge in [-0.15, -0.1) is 0 Å². The Kier molecular flexibility index (Phi) is 6.65. The first-order chi connectivity index (χ1) is 15.3. The Labute approximate surface area is 198 Å². The van der Waals surface area contributed by atoms with E-state index in [0.717, 1.165) is 24.2 Å². The number of carbonyl (C=O) groups excluding carboxylic acids is 2. The molecule has 0 bridgehead atoms. The summed E-state index contributed by atoms with van der Waals surface area (Å²) in [6.45, 7) is 2.86. The standard InChI is InChI=1S/C24H27Cl2N3O3/c1-28-10-12-29(13-11-28)22(31)21(14-16-2-5-18(30)6-3-16)27-23(32)24(8-9-24)19-7-4-17(25)15-20(19)26/h2-7,15,21,30H,8-14H2,1H3,(H,27,32). The SMILES string of the molecule is CN1CCN(C(=O)C(Cc2ccc(O)cc2)NC(=O)C2(c3ccc(Cl)cc3Cl)CC2)CC1. The zero-order chi connectivity index (χ0) is 22.9. The molecular formula is C24H27Cl2N3O3. The number of hydrogen-bond donors (Lipinski definition) is 2. The summed E-state index contributed by atoms with van der Waals surface area (Å²) in [6.07, 6.45) is 1.70. The first-order valence-electron chi connectivity index (χ1n) is 10.8. The van der Waals surface area contributed by atoms with Crippen LogP contribution in [0.25, 0.3) is 0 Å². The summed E-state index contributed by atoms with van der Waals surface area (Å²) < 4.78 is 0. The predicted molar refractivity (Wildman–Crippen MR) is 125 cm³/mol. The molecule has 6 nitrogen and oxygen atoms in total. The number of hydrogen-bond acceptors (Lipinski definition) is 4. The second kappa shape index (κ2) is 9.30. The molecule has 0 aromatic heterocycles. The van der Waals surface area contributed by atoms with Crippen LogP contribution in [0, 0.1) is 0 Å². The van der Waals surface area contributed by atoms with E-state index >= 15 is 0 Å². The Balaban J connectivity index is 1.55. The van der Waals surface area contributed by atoms with E-state index in [1.54, 1.807) is 42.5 Å². The molecular weight excluding hydrogens is 449 g/mol. The van der Waals surface area contributed by atoms with Crippen molar-refractivity contribution >= 4 is 35.0 Å². The van der Waals surface area contributed by atoms with Crippen molar-refractivity contribution in [2.45, 2.75) is 30.7 Å². The van der Waals surface area contributed by atoms with Crippen LogP contribution in [0.3, 0.4) is 0 Å². The van der Waals surface area contributed by atoms with Gasteiger partial charge in [-0.25, -0.2) is 0 Å². The molecule has 32 heavy (non-hydrogen) atoms. The lowest BCUT2D eigenvalue weighted by Gasteiger charge is -2.35. The Morgan fingerprint density at radius 2 is 1.72 bits per heavy atom. The van der Waals surface area contributed by atoms with Crippen molar-refractivity contribution in [3.63, 3.8) is 0 Å². The van der Waals surface area contributed by atoms with Gasteiger partial charge in [0, 0.05) is 42.6 Å². The maximum absolute atomic E-state index is 13.4. The summed E-state index contributed by atoms with van der Waals surface area (Å²) in [5.41, 5.74) is 0.888. The first kappa shape index (κ1) is 22.9. The van der Waals surface area contributed by atoms with Crippen molar-refractivity contribution in [2.24, 2.45) is 0 Å². The van der Waals surface area contributed by atoms with Crippen molar-refractivity contribution in [1.29, 1.82) is 0 Å². The van der Waals surface area contributed by atoms with Crippen LogP contribution in [0.4, 0.5) is 0 Å². The normalized spacial score (nSPS) is 18.8. The molecule has 1 atom stereocenters. The van der Waals surface area contributed by atoms with E-state index in [1.165, 1.54) is 0 Å². The van der Waals surface area contributed by atoms with E-state index < -0.39 is 11.5 Å². The number of benzene rings is 2. The molecule has 2 N–H and O–H groups in total. The average Bonchev–Trinajstić information content (AvgIpc) is 3.56. The van der Waals surface area contributed by atoms with Gasteiger partial charge in [0.2, 0.25) is 11.8 Å². The van der Waals surface area contributed by atoms with Gasteiger partial charge >= 0.3 is 0 Å². The Morgan fingerprint density at radius 1 is 1.06 bits per heavy atom. The van der Waals surface area contributed by atoms with Crippen molar-refractivity contribution in [3.8, 4) is 5.75 Å². The second-order valence-corrected chi connectivity index (χ2v) is 9.58. The van der Waals surface area contributed by atoms with E-state index in [4.69, 9.17) is 23.2 Å². The molecule has 1 heterocycles. The molecule has 2 aliphatic rings. The van der Waals surface area contributed by atoms with E-state index in [9.17, 15) is 14.7 Å². The van der Waals surface area contributed by atoms with Crippen LogP contribution in [0.5, 0.6) is 5.75 Å². The van der Waals surface area contributed by atoms with Crippen molar-refractivity contribution in [3.05, 3.63) is 63.6 Å². The summed E-state index contributed by atoms with van der Waals surface area (Å²) in [6, 6.07) is 11.2. The average molecular weight is 476 g/mol. The summed E-state index contributed by atoms with van der Waals surface area (Å²) in [5.74, 6) is -0.112. The van der Waals surface area contributed by atoms with Gasteiger partial charge < -0.3 is 20.2 Å². The highest BCUT2D eigenvalue weighted by Gasteiger charge is 2.53. The van der Waals surface area contributed by atoms with Gasteiger partial charge in [0.1, 0.15) is 11.8 Å². The van der Waals surface area contributed by atoms with E-state index in [1.807, 2.05) is 11.9 Å². The number of halogens is 2. The fourth-order valence-corrected chi connectivity index (χ4v) is 4.82. The number of amides is 2. The van der Waals surface area contributed by atoms with Crippen molar-refractivity contribution in [2.75, 3.05) is 33.2 Å². The molecule has 8 heteroatoms. The highest BCUT2D eigenvalue weighted by molar-refractivity contribution is 6.35. The van der Waals surface area contributed by atoms with Gasteiger partial charge in [-0.05, 0) is 55.3 Å². The number of piperazine rings is 1. The minimum absolute atomic E-state index is 0.0856. The Bertz CT molecular complexity index is 1000. The lowest BCUT2D eigenvalue weighted by Crippen LogP contribution is -2.56. The molecule has 2 aromatic rings. The number of phenolic OH excluding ortho intramolecular Hbond substituents is 1. The molecule has 4 rings (SSSR count). The van der Waals surface area contributed by atoms with E-state index in [2.05, 4.69) is 10.2 Å². The number of aromatic hydroxyl groups is 1. The molecule has 1 aliphatic heterocycles. The molecule has 0 spiro atoms. The fourth-order valence-electron chi connectivity index (χ4n) is 4.23. The smallest absolute Gasteiger partial charge is 0.245 e. The molecule has 2 fully saturated rings. The third-order valence-corrected chi connectivity index (χ3v) is 6.97. The zero-order valence-electron chi connectivity index (χ0n) is 18.0. The van der Waals surface area contributed by atoms with Crippen molar-refractivity contribution in [1.82, 2.24) is 15.1 Å². The summed E-state index contributed by atoms with van der Waals surface area (Å²) in [5, 5.41) is 13.6. The molecule has 1 unspecified atom stereocenters. The van der Waals surface area contributed by atoms with Gasteiger partial charge in [-0.2, -0.15) is 0 Å². The van der Waals surface area contributed by atoms with E-state index in [0.29, 0.717) is 42.4 Å². The van der Waals surface area contributed by atoms with Crippen LogP contribution >= 0.6 is 23.2 Å². The number of phenols is 1. The monoisotopic (exact) mass is 475 g/mol. The van der Waals surface area contributed by atoms with Crippen LogP contribution < -0.4 is 5.32 Å². The summed E-state index contributed by atoms with van der Waals surface area (Å²) in [4.78, 5) is 30.8. The van der Waals surface area contributed by atoms with E-state index in [-0.39, 0.29) is 17.6 Å². The van der Waals surface area contributed by atoms with Crippen LogP contribution in [-0.2, 0) is 21.4 Å². The van der Waals surface area contributed by atoms with Crippen molar-refractivity contribution < 1.29 is 14.7 Å². The Hall–Kier alpha value is -2.28. The minimum atomic E-state index is -0.725. The van der Waals surface area contributed by atoms with Crippen LogP contribution in [-0.4, -0.2) is 66.0 Å². The summed E-state index contributed by atoms with van der Waals surface area (Å²) in [7, 11) is 2.03. The maximum atomic E-state index is 13.4. The molecule has 1 saturated carbocycles. The van der Waals surface area contributed by atoms with Crippen LogP contribution in [0.2, 0.25) is 10.0 Å². The number of rotatable bonds is 6. The minimum Gasteiger partial charge on any atom is -0.508 e. The lowest BCUT2D eigenvalue weighted by molar-refractivity contribution is -0.138. The van der Waals surface area contributed by atoms with Gasteiger partial charge in [0.25, 0.3) is 0 Å². The highest BCUT2D eigenvalue weighted by atomic mass is 35.5. The topological polar surface area (TPSA) is 72.9 Å². The third kappa shape index (κ3) is 4.87. The molecule has 170 valence electrons. The van der Waals surface area contributed by atoms with Crippen LogP contribution in [0.15, 0.2) is 42.5 Å². The quantitative estimate of drug-likeness (QED) is 0.672. The molecule has 2 aromatic carbocycles. The number of carbonyl (C=O) groups is 2. The van der Waals surface area contributed by atoms with Gasteiger partial charge in [-0.1, -0.05) is 41.4 Å². The summed E-state index contributed by atoms with van der Waals surface area (Å²) >= 11 is 12.4. The second-order valence-electron chi connectivity index (χ2n) is 8.73. The number of nitrogens with one attached hydrogen (secondary N) is 1. The van der Waals surface area contributed by atoms with Crippen LogP contribution in [0.1, 0.15) is 24.0 Å². The zero-order valence-corrected chi connectivity index (χ0v) is 19.5. The number of likely N-dealkylation sites (N-methyl/N-ethyl adjacent to an activating group) is 1. The van der Waals surface area contributed by atoms with Gasteiger partial charge in [0.15, 0.2) is 0 Å². The third-order valence-electron chi connectivity index (χ3n) is 6.43. The Morgan fingerprint density at radius 3 is 2.31 bits per heavy atom. The predicted octanol–water partition coefficient (Wildman–Crippen LogP) is 3.23.